The Kier molecular flexibility index (Phi) is 12.2. The molecule has 8 nitrogen and oxygen atoms in total. The Balaban J connectivity index is 1.39. The Labute approximate surface area is 315 Å². The third-order valence-electron chi connectivity index (χ3n) is 9.02. The number of para-hydroxylation sites is 1. The third kappa shape index (κ3) is 9.33. The van der Waals surface area contributed by atoms with Gasteiger partial charge >= 0.3 is 0 Å². The second kappa shape index (κ2) is 17.1. The van der Waals surface area contributed by atoms with Crippen LogP contribution >= 0.6 is 23.2 Å². The van der Waals surface area contributed by atoms with Gasteiger partial charge in [-0.1, -0.05) is 109 Å². The summed E-state index contributed by atoms with van der Waals surface area (Å²) < 4.78 is 35.7. The number of hydrogen-bond acceptors (Lipinski definition) is 5. The summed E-state index contributed by atoms with van der Waals surface area (Å²) in [5, 5.41) is 3.83. The van der Waals surface area contributed by atoms with E-state index in [2.05, 4.69) is 5.32 Å². The lowest BCUT2D eigenvalue weighted by Crippen LogP contribution is -2.54. The standard InChI is InChI=1S/C41H39Cl2N3O5S/c42-37-25-20-31(26-38(37)43)28-45(39(27-30-12-4-1-5-13-30)41(48)44-32-14-10-11-15-32)40(47)29-46(52(49,50)36-18-8-3-9-19-36)33-21-23-35(24-22-33)51-34-16-6-2-7-17-34/h1-9,12-13,16-26,32,39H,10-11,14-15,27-29H2,(H,44,48)/t39-/m1/s1. The minimum Gasteiger partial charge on any atom is -0.457 e. The van der Waals surface area contributed by atoms with Crippen LogP contribution in [0.5, 0.6) is 11.5 Å². The molecule has 1 atom stereocenters. The molecule has 0 spiro atoms. The second-order valence-corrected chi connectivity index (χ2v) is 15.4. The molecule has 0 radical (unpaired) electrons. The quantitative estimate of drug-likeness (QED) is 0.122. The number of ether oxygens (including phenoxy) is 1. The van der Waals surface area contributed by atoms with Gasteiger partial charge in [-0.25, -0.2) is 8.42 Å². The normalized spacial score (nSPS) is 13.7. The summed E-state index contributed by atoms with van der Waals surface area (Å²) in [6, 6.07) is 37.2. The summed E-state index contributed by atoms with van der Waals surface area (Å²) in [7, 11) is -4.26. The Morgan fingerprint density at radius 3 is 1.96 bits per heavy atom. The van der Waals surface area contributed by atoms with Crippen LogP contribution < -0.4 is 14.4 Å². The van der Waals surface area contributed by atoms with E-state index >= 15 is 0 Å². The van der Waals surface area contributed by atoms with E-state index in [9.17, 15) is 18.0 Å². The number of sulfonamides is 1. The van der Waals surface area contributed by atoms with Gasteiger partial charge in [0.15, 0.2) is 0 Å². The summed E-state index contributed by atoms with van der Waals surface area (Å²) in [6.07, 6.45) is 3.96. The molecule has 6 rings (SSSR count). The second-order valence-electron chi connectivity index (χ2n) is 12.7. The molecule has 52 heavy (non-hydrogen) atoms. The highest BCUT2D eigenvalue weighted by Gasteiger charge is 2.35. The van der Waals surface area contributed by atoms with Crippen LogP contribution in [-0.2, 0) is 32.6 Å². The van der Waals surface area contributed by atoms with E-state index in [4.69, 9.17) is 27.9 Å². The first-order valence-corrected chi connectivity index (χ1v) is 19.4. The molecule has 5 aromatic rings. The molecule has 11 heteroatoms. The van der Waals surface area contributed by atoms with Gasteiger partial charge in [-0.3, -0.25) is 13.9 Å². The van der Waals surface area contributed by atoms with Crippen LogP contribution in [0.4, 0.5) is 5.69 Å². The van der Waals surface area contributed by atoms with Crippen molar-refractivity contribution in [2.45, 2.75) is 55.6 Å². The minimum atomic E-state index is -4.26. The molecule has 268 valence electrons. The molecule has 0 heterocycles. The van der Waals surface area contributed by atoms with Gasteiger partial charge in [-0.2, -0.15) is 0 Å². The van der Waals surface area contributed by atoms with E-state index in [0.717, 1.165) is 35.6 Å². The van der Waals surface area contributed by atoms with E-state index < -0.39 is 28.5 Å². The molecule has 0 aliphatic heterocycles. The number of nitrogens with zero attached hydrogens (tertiary/aromatic N) is 2. The number of benzene rings is 5. The molecule has 1 saturated carbocycles. The van der Waals surface area contributed by atoms with Crippen LogP contribution in [0.15, 0.2) is 138 Å². The predicted molar refractivity (Wildman–Crippen MR) is 205 cm³/mol. The summed E-state index contributed by atoms with van der Waals surface area (Å²) in [6.45, 7) is -0.603. The van der Waals surface area contributed by atoms with Gasteiger partial charge < -0.3 is 15.0 Å². The molecule has 2 amide bonds. The Bertz CT molecular complexity index is 2060. The zero-order valence-corrected chi connectivity index (χ0v) is 30.7. The molecule has 1 aliphatic carbocycles. The fourth-order valence-electron chi connectivity index (χ4n) is 6.31. The number of rotatable bonds is 14. The number of halogens is 2. The van der Waals surface area contributed by atoms with Crippen molar-refractivity contribution in [2.75, 3.05) is 10.8 Å². The fourth-order valence-corrected chi connectivity index (χ4v) is 8.07. The van der Waals surface area contributed by atoms with E-state index in [1.165, 1.54) is 17.0 Å². The van der Waals surface area contributed by atoms with Gasteiger partial charge in [-0.15, -0.1) is 0 Å². The van der Waals surface area contributed by atoms with Gasteiger partial charge in [-0.05, 0) is 84.6 Å². The van der Waals surface area contributed by atoms with Gasteiger partial charge in [0.25, 0.3) is 10.0 Å². The zero-order valence-electron chi connectivity index (χ0n) is 28.4. The molecule has 1 fully saturated rings. The van der Waals surface area contributed by atoms with Crippen LogP contribution in [0.2, 0.25) is 10.0 Å². The lowest BCUT2D eigenvalue weighted by molar-refractivity contribution is -0.140. The highest BCUT2D eigenvalue weighted by Crippen LogP contribution is 2.30. The number of carbonyl (C=O) groups is 2. The SMILES string of the molecule is O=C(NC1CCCC1)[C@@H](Cc1ccccc1)N(Cc1ccc(Cl)c(Cl)c1)C(=O)CN(c1ccc(Oc2ccccc2)cc1)S(=O)(=O)c1ccccc1. The van der Waals surface area contributed by atoms with Crippen molar-refractivity contribution >= 4 is 50.7 Å². The van der Waals surface area contributed by atoms with Crippen LogP contribution in [0.3, 0.4) is 0 Å². The molecule has 1 N–H and O–H groups in total. The van der Waals surface area contributed by atoms with Crippen LogP contribution in [0, 0.1) is 0 Å². The maximum atomic E-state index is 14.8. The van der Waals surface area contributed by atoms with E-state index in [-0.39, 0.29) is 35.5 Å². The molecule has 0 aromatic heterocycles. The van der Waals surface area contributed by atoms with Crippen LogP contribution in [-0.4, -0.2) is 43.8 Å². The van der Waals surface area contributed by atoms with Crippen molar-refractivity contribution < 1.29 is 22.7 Å². The smallest absolute Gasteiger partial charge is 0.264 e. The Hall–Kier alpha value is -4.83. The van der Waals surface area contributed by atoms with Crippen molar-refractivity contribution in [3.05, 3.63) is 155 Å². The fraction of sp³-hybridized carbons (Fsp3) is 0.220. The largest absolute Gasteiger partial charge is 0.457 e. The Morgan fingerprint density at radius 1 is 0.731 bits per heavy atom. The summed E-state index contributed by atoms with van der Waals surface area (Å²) in [4.78, 5) is 30.5. The number of amides is 2. The Morgan fingerprint density at radius 2 is 1.33 bits per heavy atom. The molecular weight excluding hydrogens is 717 g/mol. The average molecular weight is 757 g/mol. The first-order valence-electron chi connectivity index (χ1n) is 17.2. The van der Waals surface area contributed by atoms with Crippen molar-refractivity contribution in [3.63, 3.8) is 0 Å². The van der Waals surface area contributed by atoms with Crippen LogP contribution in [0.25, 0.3) is 0 Å². The van der Waals surface area contributed by atoms with Crippen molar-refractivity contribution in [3.8, 4) is 11.5 Å². The van der Waals surface area contributed by atoms with E-state index in [1.807, 2.05) is 60.7 Å². The molecule has 0 bridgehead atoms. The molecule has 1 aliphatic rings. The lowest BCUT2D eigenvalue weighted by Gasteiger charge is -2.34. The number of nitrogens with one attached hydrogen (secondary N) is 1. The van der Waals surface area contributed by atoms with Crippen molar-refractivity contribution in [1.82, 2.24) is 10.2 Å². The highest BCUT2D eigenvalue weighted by atomic mass is 35.5. The van der Waals surface area contributed by atoms with Gasteiger partial charge in [0.1, 0.15) is 24.1 Å². The van der Waals surface area contributed by atoms with Gasteiger partial charge in [0, 0.05) is 19.0 Å². The number of anilines is 1. The number of carbonyl (C=O) groups excluding carboxylic acids is 2. The molecule has 5 aromatic carbocycles. The first-order chi connectivity index (χ1) is 25.2. The zero-order chi connectivity index (χ0) is 36.5. The molecular formula is C41H39Cl2N3O5S. The summed E-state index contributed by atoms with van der Waals surface area (Å²) >= 11 is 12.6. The average Bonchev–Trinajstić information content (AvgIpc) is 3.68. The van der Waals surface area contributed by atoms with Gasteiger partial charge in [0.05, 0.1) is 20.6 Å². The summed E-state index contributed by atoms with van der Waals surface area (Å²) in [5.74, 6) is 0.241. The topological polar surface area (TPSA) is 96.0 Å². The number of hydrogen-bond donors (Lipinski definition) is 1. The highest BCUT2D eigenvalue weighted by molar-refractivity contribution is 7.92. The van der Waals surface area contributed by atoms with E-state index in [0.29, 0.717) is 27.1 Å². The van der Waals surface area contributed by atoms with Crippen LogP contribution in [0.1, 0.15) is 36.8 Å². The molecule has 0 saturated heterocycles. The first kappa shape index (κ1) is 36.9. The molecule has 0 unspecified atom stereocenters. The predicted octanol–water partition coefficient (Wildman–Crippen LogP) is 8.68. The monoisotopic (exact) mass is 755 g/mol. The van der Waals surface area contributed by atoms with E-state index in [1.54, 1.807) is 60.7 Å². The maximum Gasteiger partial charge on any atom is 0.264 e. The maximum absolute atomic E-state index is 14.8. The minimum absolute atomic E-state index is 0.000668. The van der Waals surface area contributed by atoms with Crippen molar-refractivity contribution in [1.29, 1.82) is 0 Å². The van der Waals surface area contributed by atoms with Gasteiger partial charge in [0.2, 0.25) is 11.8 Å². The van der Waals surface area contributed by atoms with Crippen molar-refractivity contribution in [2.24, 2.45) is 0 Å². The third-order valence-corrected chi connectivity index (χ3v) is 11.6. The lowest BCUT2D eigenvalue weighted by atomic mass is 10.0. The summed E-state index contributed by atoms with van der Waals surface area (Å²) in [5.41, 5.74) is 1.74.